The van der Waals surface area contributed by atoms with Crippen LogP contribution < -0.4 is 0 Å². The molecular weight excluding hydrogens is 388 g/mol. The molecule has 0 atom stereocenters. The van der Waals surface area contributed by atoms with Crippen molar-refractivity contribution in [1.82, 2.24) is 14.9 Å². The summed E-state index contributed by atoms with van der Waals surface area (Å²) >= 11 is 3.45. The van der Waals surface area contributed by atoms with Gasteiger partial charge in [-0.25, -0.2) is 0 Å². The van der Waals surface area contributed by atoms with E-state index in [1.54, 1.807) is 4.68 Å². The Kier molecular flexibility index (Phi) is 4.71. The summed E-state index contributed by atoms with van der Waals surface area (Å²) in [6.07, 6.45) is 1.81. The lowest BCUT2D eigenvalue weighted by Crippen LogP contribution is -1.97. The van der Waals surface area contributed by atoms with Gasteiger partial charge in [0.15, 0.2) is 11.6 Å². The van der Waals surface area contributed by atoms with Gasteiger partial charge in [-0.3, -0.25) is 0 Å². The van der Waals surface area contributed by atoms with Crippen molar-refractivity contribution in [1.29, 1.82) is 0 Å². The van der Waals surface area contributed by atoms with Gasteiger partial charge in [0, 0.05) is 15.6 Å². The largest absolute Gasteiger partial charge is 0.192 e. The first kappa shape index (κ1) is 16.4. The van der Waals surface area contributed by atoms with Crippen LogP contribution >= 0.6 is 15.9 Å². The van der Waals surface area contributed by atoms with E-state index >= 15 is 0 Å². The maximum Gasteiger partial charge on any atom is 0.185 e. The molecule has 0 radical (unpaired) electrons. The molecule has 0 unspecified atom stereocenters. The first-order chi connectivity index (χ1) is 12.8. The fourth-order valence-electron chi connectivity index (χ4n) is 2.60. The van der Waals surface area contributed by atoms with Gasteiger partial charge in [0.1, 0.15) is 0 Å². The van der Waals surface area contributed by atoms with Crippen molar-refractivity contribution in [2.75, 3.05) is 0 Å². The molecule has 0 spiro atoms. The van der Waals surface area contributed by atoms with Crippen LogP contribution in [0.15, 0.2) is 94.5 Å². The Morgan fingerprint density at radius 2 is 1.19 bits per heavy atom. The van der Waals surface area contributed by atoms with Crippen molar-refractivity contribution in [3.05, 3.63) is 95.0 Å². The van der Waals surface area contributed by atoms with E-state index in [-0.39, 0.29) is 0 Å². The van der Waals surface area contributed by atoms with Gasteiger partial charge in [0.25, 0.3) is 0 Å². The second-order valence-corrected chi connectivity index (χ2v) is 6.60. The van der Waals surface area contributed by atoms with Gasteiger partial charge in [-0.1, -0.05) is 88.7 Å². The first-order valence-electron chi connectivity index (χ1n) is 8.17. The van der Waals surface area contributed by atoms with Crippen LogP contribution in [0.1, 0.15) is 5.56 Å². The van der Waals surface area contributed by atoms with E-state index in [2.05, 4.69) is 31.2 Å². The summed E-state index contributed by atoms with van der Waals surface area (Å²) in [5.74, 6) is 1.41. The van der Waals surface area contributed by atoms with Crippen LogP contribution in [-0.2, 0) is 0 Å². The third-order valence-electron chi connectivity index (χ3n) is 3.90. The molecule has 26 heavy (non-hydrogen) atoms. The second-order valence-electron chi connectivity index (χ2n) is 5.69. The summed E-state index contributed by atoms with van der Waals surface area (Å²) in [7, 11) is 0. The zero-order valence-electron chi connectivity index (χ0n) is 13.8. The summed E-state index contributed by atoms with van der Waals surface area (Å²) in [6.45, 7) is 0. The average molecular weight is 403 g/mol. The van der Waals surface area contributed by atoms with Gasteiger partial charge in [-0.15, -0.1) is 10.2 Å². The van der Waals surface area contributed by atoms with Crippen LogP contribution in [0.5, 0.6) is 0 Å². The quantitative estimate of drug-likeness (QED) is 0.437. The zero-order valence-corrected chi connectivity index (χ0v) is 15.4. The fraction of sp³-hybridized carbons (Fsp3) is 0. The van der Waals surface area contributed by atoms with Gasteiger partial charge < -0.3 is 0 Å². The molecular formula is C21H15BrN4. The van der Waals surface area contributed by atoms with Gasteiger partial charge in [0.2, 0.25) is 0 Å². The first-order valence-corrected chi connectivity index (χ1v) is 8.97. The Balaban J connectivity index is 1.81. The number of benzene rings is 3. The average Bonchev–Trinajstić information content (AvgIpc) is 3.13. The SMILES string of the molecule is Brc1ccc(/C=N\n2c(-c3ccccc3)nnc2-c2ccccc2)cc1. The lowest BCUT2D eigenvalue weighted by atomic mass is 10.2. The molecule has 1 aromatic heterocycles. The molecule has 4 nitrogen and oxygen atoms in total. The maximum atomic E-state index is 4.67. The molecule has 4 aromatic rings. The molecule has 0 N–H and O–H groups in total. The van der Waals surface area contributed by atoms with Crippen molar-refractivity contribution in [2.24, 2.45) is 5.10 Å². The van der Waals surface area contributed by atoms with Crippen LogP contribution in [0.25, 0.3) is 22.8 Å². The zero-order chi connectivity index (χ0) is 17.8. The summed E-state index contributed by atoms with van der Waals surface area (Å²) in [5, 5.41) is 13.4. The smallest absolute Gasteiger partial charge is 0.185 e. The predicted molar refractivity (Wildman–Crippen MR) is 108 cm³/mol. The summed E-state index contributed by atoms with van der Waals surface area (Å²) in [4.78, 5) is 0. The minimum absolute atomic E-state index is 0.706. The Labute approximate surface area is 160 Å². The normalized spacial score (nSPS) is 11.1. The number of nitrogens with zero attached hydrogens (tertiary/aromatic N) is 4. The molecule has 4 rings (SSSR count). The van der Waals surface area contributed by atoms with Gasteiger partial charge in [0.05, 0.1) is 6.21 Å². The summed E-state index contributed by atoms with van der Waals surface area (Å²) in [5.41, 5.74) is 2.94. The Hall–Kier alpha value is -3.05. The van der Waals surface area contributed by atoms with Crippen molar-refractivity contribution < 1.29 is 0 Å². The molecule has 126 valence electrons. The number of hydrogen-bond acceptors (Lipinski definition) is 3. The second kappa shape index (κ2) is 7.45. The van der Waals surface area contributed by atoms with Crippen molar-refractivity contribution in [3.8, 4) is 22.8 Å². The summed E-state index contributed by atoms with van der Waals surface area (Å²) < 4.78 is 2.82. The minimum atomic E-state index is 0.706. The van der Waals surface area contributed by atoms with Crippen molar-refractivity contribution in [2.45, 2.75) is 0 Å². The highest BCUT2D eigenvalue weighted by Crippen LogP contribution is 2.24. The highest BCUT2D eigenvalue weighted by molar-refractivity contribution is 9.10. The van der Waals surface area contributed by atoms with Crippen LogP contribution in [0.2, 0.25) is 0 Å². The number of rotatable bonds is 4. The van der Waals surface area contributed by atoms with Gasteiger partial charge >= 0.3 is 0 Å². The Morgan fingerprint density at radius 3 is 1.69 bits per heavy atom. The van der Waals surface area contributed by atoms with E-state index in [0.29, 0.717) is 11.6 Å². The standard InChI is InChI=1S/C21H15BrN4/c22-19-13-11-16(12-14-19)15-23-26-20(17-7-3-1-4-8-17)24-25-21(26)18-9-5-2-6-10-18/h1-15H/b23-15-. The van der Waals surface area contributed by atoms with Crippen LogP contribution in [0, 0.1) is 0 Å². The lowest BCUT2D eigenvalue weighted by molar-refractivity contribution is 0.898. The monoisotopic (exact) mass is 402 g/mol. The topological polar surface area (TPSA) is 43.1 Å². The van der Waals surface area contributed by atoms with Gasteiger partial charge in [-0.2, -0.15) is 9.78 Å². The third kappa shape index (κ3) is 3.48. The molecule has 0 aliphatic heterocycles. The molecule has 1 heterocycles. The highest BCUT2D eigenvalue weighted by atomic mass is 79.9. The number of halogens is 1. The van der Waals surface area contributed by atoms with E-state index in [1.807, 2.05) is 91.1 Å². The highest BCUT2D eigenvalue weighted by Gasteiger charge is 2.14. The van der Waals surface area contributed by atoms with Crippen LogP contribution in [0.4, 0.5) is 0 Å². The summed E-state index contributed by atoms with van der Waals surface area (Å²) in [6, 6.07) is 27.9. The Bertz CT molecular complexity index is 966. The molecule has 0 aliphatic carbocycles. The van der Waals surface area contributed by atoms with Gasteiger partial charge in [-0.05, 0) is 17.7 Å². The molecule has 5 heteroatoms. The maximum absolute atomic E-state index is 4.67. The van der Waals surface area contributed by atoms with E-state index in [0.717, 1.165) is 21.2 Å². The van der Waals surface area contributed by atoms with E-state index in [4.69, 9.17) is 0 Å². The lowest BCUT2D eigenvalue weighted by Gasteiger charge is -2.05. The Morgan fingerprint density at radius 1 is 0.692 bits per heavy atom. The molecule has 0 aliphatic rings. The third-order valence-corrected chi connectivity index (χ3v) is 4.43. The molecule has 0 fully saturated rings. The van der Waals surface area contributed by atoms with E-state index in [9.17, 15) is 0 Å². The van der Waals surface area contributed by atoms with Crippen LogP contribution in [-0.4, -0.2) is 21.1 Å². The molecule has 3 aromatic carbocycles. The fourth-order valence-corrected chi connectivity index (χ4v) is 2.86. The predicted octanol–water partition coefficient (Wildman–Crippen LogP) is 5.26. The minimum Gasteiger partial charge on any atom is -0.192 e. The van der Waals surface area contributed by atoms with E-state index in [1.165, 1.54) is 0 Å². The van der Waals surface area contributed by atoms with Crippen LogP contribution in [0.3, 0.4) is 0 Å². The van der Waals surface area contributed by atoms with E-state index < -0.39 is 0 Å². The molecule has 0 amide bonds. The van der Waals surface area contributed by atoms with Crippen molar-refractivity contribution in [3.63, 3.8) is 0 Å². The number of aromatic nitrogens is 3. The molecule has 0 saturated carbocycles. The molecule has 0 saturated heterocycles. The van der Waals surface area contributed by atoms with Crippen molar-refractivity contribution >= 4 is 22.1 Å². The molecule has 0 bridgehead atoms. The number of hydrogen-bond donors (Lipinski definition) is 0.